The fourth-order valence-corrected chi connectivity index (χ4v) is 2.96. The highest BCUT2D eigenvalue weighted by atomic mass is 32.2. The molecule has 0 spiro atoms. The smallest absolute Gasteiger partial charge is 0.230 e. The second kappa shape index (κ2) is 9.38. The summed E-state index contributed by atoms with van der Waals surface area (Å²) in [4.78, 5) is 12.0. The zero-order valence-electron chi connectivity index (χ0n) is 14.5. The average molecular weight is 343 g/mol. The van der Waals surface area contributed by atoms with Gasteiger partial charge in [0.15, 0.2) is 0 Å². The Labute approximate surface area is 148 Å². The van der Waals surface area contributed by atoms with Crippen molar-refractivity contribution in [2.75, 3.05) is 12.4 Å². The van der Waals surface area contributed by atoms with E-state index < -0.39 is 0 Å². The Balaban J connectivity index is 1.64. The predicted octanol–water partition coefficient (Wildman–Crippen LogP) is 4.12. The molecule has 2 rings (SSSR count). The summed E-state index contributed by atoms with van der Waals surface area (Å²) in [6.07, 6.45) is 0. The summed E-state index contributed by atoms with van der Waals surface area (Å²) in [5.41, 5.74) is 3.70. The number of carbonyl (C=O) groups is 1. The molecule has 0 saturated heterocycles. The molecule has 3 nitrogen and oxygen atoms in total. The summed E-state index contributed by atoms with van der Waals surface area (Å²) in [6, 6.07) is 16.3. The molecule has 0 radical (unpaired) electrons. The lowest BCUT2D eigenvalue weighted by molar-refractivity contribution is -0.119. The van der Waals surface area contributed by atoms with Crippen LogP contribution < -0.4 is 10.1 Å². The molecule has 2 aromatic rings. The summed E-state index contributed by atoms with van der Waals surface area (Å²) in [6.45, 7) is 6.54. The molecule has 24 heavy (non-hydrogen) atoms. The molecule has 0 fully saturated rings. The van der Waals surface area contributed by atoms with E-state index in [-0.39, 0.29) is 11.9 Å². The van der Waals surface area contributed by atoms with Gasteiger partial charge in [-0.05, 0) is 38.5 Å². The van der Waals surface area contributed by atoms with Crippen LogP contribution in [0.1, 0.15) is 23.6 Å². The van der Waals surface area contributed by atoms with Crippen LogP contribution in [0.3, 0.4) is 0 Å². The first-order valence-corrected chi connectivity index (χ1v) is 9.30. The fraction of sp³-hybridized carbons (Fsp3) is 0.350. The van der Waals surface area contributed by atoms with Gasteiger partial charge in [-0.15, -0.1) is 11.8 Å². The zero-order chi connectivity index (χ0) is 17.4. The van der Waals surface area contributed by atoms with Gasteiger partial charge in [0.1, 0.15) is 12.4 Å². The number of rotatable bonds is 8. The van der Waals surface area contributed by atoms with Gasteiger partial charge in [-0.2, -0.15) is 0 Å². The number of hydrogen-bond donors (Lipinski definition) is 1. The maximum Gasteiger partial charge on any atom is 0.230 e. The van der Waals surface area contributed by atoms with Gasteiger partial charge in [0, 0.05) is 5.75 Å². The molecule has 1 amide bonds. The first kappa shape index (κ1) is 18.4. The SMILES string of the molecule is Cc1ccc(CSCC(=O)N[C@@H](C)COc2ccc(C)cc2)cc1. The van der Waals surface area contributed by atoms with Crippen molar-refractivity contribution in [1.29, 1.82) is 0 Å². The third-order valence-electron chi connectivity index (χ3n) is 3.55. The lowest BCUT2D eigenvalue weighted by atomic mass is 10.2. The van der Waals surface area contributed by atoms with Crippen LogP contribution in [0.15, 0.2) is 48.5 Å². The van der Waals surface area contributed by atoms with E-state index >= 15 is 0 Å². The van der Waals surface area contributed by atoms with Crippen molar-refractivity contribution in [2.24, 2.45) is 0 Å². The normalized spacial score (nSPS) is 11.8. The predicted molar refractivity (Wildman–Crippen MR) is 102 cm³/mol. The summed E-state index contributed by atoms with van der Waals surface area (Å²) in [7, 11) is 0. The molecule has 1 N–H and O–H groups in total. The van der Waals surface area contributed by atoms with E-state index in [0.717, 1.165) is 11.5 Å². The van der Waals surface area contributed by atoms with E-state index in [9.17, 15) is 4.79 Å². The van der Waals surface area contributed by atoms with Crippen molar-refractivity contribution in [3.63, 3.8) is 0 Å². The number of ether oxygens (including phenoxy) is 1. The monoisotopic (exact) mass is 343 g/mol. The fourth-order valence-electron chi connectivity index (χ4n) is 2.16. The lowest BCUT2D eigenvalue weighted by Gasteiger charge is -2.15. The quantitative estimate of drug-likeness (QED) is 0.783. The Hall–Kier alpha value is -1.94. The molecule has 0 aromatic heterocycles. The van der Waals surface area contributed by atoms with Crippen LogP contribution in [0.5, 0.6) is 5.75 Å². The van der Waals surface area contributed by atoms with E-state index in [0.29, 0.717) is 12.4 Å². The molecule has 0 aliphatic rings. The van der Waals surface area contributed by atoms with Crippen LogP contribution >= 0.6 is 11.8 Å². The number of hydrogen-bond acceptors (Lipinski definition) is 3. The molecule has 0 aliphatic heterocycles. The number of amides is 1. The van der Waals surface area contributed by atoms with Crippen LogP contribution in [0.4, 0.5) is 0 Å². The topological polar surface area (TPSA) is 38.3 Å². The third kappa shape index (κ3) is 6.67. The zero-order valence-corrected chi connectivity index (χ0v) is 15.4. The van der Waals surface area contributed by atoms with Gasteiger partial charge in [0.05, 0.1) is 11.8 Å². The molecule has 0 heterocycles. The van der Waals surface area contributed by atoms with Gasteiger partial charge >= 0.3 is 0 Å². The van der Waals surface area contributed by atoms with Crippen molar-refractivity contribution < 1.29 is 9.53 Å². The van der Waals surface area contributed by atoms with Crippen molar-refractivity contribution in [3.8, 4) is 5.75 Å². The minimum absolute atomic E-state index is 0.0150. The van der Waals surface area contributed by atoms with Crippen LogP contribution in [0, 0.1) is 13.8 Å². The van der Waals surface area contributed by atoms with Gasteiger partial charge in [0.25, 0.3) is 0 Å². The minimum atomic E-state index is -0.0150. The first-order chi connectivity index (χ1) is 11.5. The number of thioether (sulfide) groups is 1. The summed E-state index contributed by atoms with van der Waals surface area (Å²) in [5.74, 6) is 2.19. The number of nitrogens with one attached hydrogen (secondary N) is 1. The van der Waals surface area contributed by atoms with Gasteiger partial charge in [0.2, 0.25) is 5.91 Å². The molecular weight excluding hydrogens is 318 g/mol. The molecule has 0 unspecified atom stereocenters. The van der Waals surface area contributed by atoms with Crippen LogP contribution in [0.2, 0.25) is 0 Å². The van der Waals surface area contributed by atoms with E-state index in [2.05, 4.69) is 36.5 Å². The number of carbonyl (C=O) groups excluding carboxylic acids is 1. The van der Waals surface area contributed by atoms with Crippen molar-refractivity contribution >= 4 is 17.7 Å². The highest BCUT2D eigenvalue weighted by Gasteiger charge is 2.08. The van der Waals surface area contributed by atoms with Gasteiger partial charge < -0.3 is 10.1 Å². The van der Waals surface area contributed by atoms with Gasteiger partial charge in [-0.3, -0.25) is 4.79 Å². The number of aryl methyl sites for hydroxylation is 2. The van der Waals surface area contributed by atoms with E-state index in [1.54, 1.807) is 11.8 Å². The summed E-state index contributed by atoms with van der Waals surface area (Å²) in [5, 5.41) is 2.97. The minimum Gasteiger partial charge on any atom is -0.491 e. The molecule has 4 heteroatoms. The van der Waals surface area contributed by atoms with Crippen molar-refractivity contribution in [3.05, 3.63) is 65.2 Å². The second-order valence-electron chi connectivity index (χ2n) is 6.07. The van der Waals surface area contributed by atoms with Crippen molar-refractivity contribution in [2.45, 2.75) is 32.6 Å². The van der Waals surface area contributed by atoms with Crippen LogP contribution in [0.25, 0.3) is 0 Å². The molecule has 1 atom stereocenters. The highest BCUT2D eigenvalue weighted by Crippen LogP contribution is 2.13. The Bertz CT molecular complexity index is 638. The molecule has 0 aliphatic carbocycles. The lowest BCUT2D eigenvalue weighted by Crippen LogP contribution is -2.37. The van der Waals surface area contributed by atoms with Crippen LogP contribution in [-0.2, 0) is 10.5 Å². The van der Waals surface area contributed by atoms with E-state index in [4.69, 9.17) is 4.74 Å². The molecule has 0 bridgehead atoms. The Morgan fingerprint density at radius 3 is 2.25 bits per heavy atom. The Morgan fingerprint density at radius 2 is 1.62 bits per heavy atom. The molecular formula is C20H25NO2S. The second-order valence-corrected chi connectivity index (χ2v) is 7.06. The Kier molecular flexibility index (Phi) is 7.19. The average Bonchev–Trinajstić information content (AvgIpc) is 2.56. The highest BCUT2D eigenvalue weighted by molar-refractivity contribution is 7.99. The van der Waals surface area contributed by atoms with Crippen molar-refractivity contribution in [1.82, 2.24) is 5.32 Å². The largest absolute Gasteiger partial charge is 0.491 e. The maximum absolute atomic E-state index is 12.0. The molecule has 0 saturated carbocycles. The van der Waals surface area contributed by atoms with E-state index in [1.165, 1.54) is 16.7 Å². The number of benzene rings is 2. The maximum atomic E-state index is 12.0. The van der Waals surface area contributed by atoms with Gasteiger partial charge in [-0.25, -0.2) is 0 Å². The first-order valence-electron chi connectivity index (χ1n) is 8.15. The summed E-state index contributed by atoms with van der Waals surface area (Å²) < 4.78 is 5.69. The standard InChI is InChI=1S/C20H25NO2S/c1-15-4-8-18(9-5-15)13-24-14-20(22)21-17(3)12-23-19-10-6-16(2)7-11-19/h4-11,17H,12-14H2,1-3H3,(H,21,22)/t17-/m0/s1. The van der Waals surface area contributed by atoms with E-state index in [1.807, 2.05) is 38.1 Å². The van der Waals surface area contributed by atoms with Gasteiger partial charge in [-0.1, -0.05) is 47.5 Å². The molecule has 2 aromatic carbocycles. The van der Waals surface area contributed by atoms with Crippen LogP contribution in [-0.4, -0.2) is 24.3 Å². The third-order valence-corrected chi connectivity index (χ3v) is 4.55. The Morgan fingerprint density at radius 1 is 1.04 bits per heavy atom. The summed E-state index contributed by atoms with van der Waals surface area (Å²) >= 11 is 1.63. The molecule has 128 valence electrons.